The molecule has 0 saturated carbocycles. The fraction of sp³-hybridized carbons (Fsp3) is 0.450. The Kier molecular flexibility index (Phi) is 4.16. The van der Waals surface area contributed by atoms with Gasteiger partial charge in [0.15, 0.2) is 0 Å². The summed E-state index contributed by atoms with van der Waals surface area (Å²) >= 11 is 0. The lowest BCUT2D eigenvalue weighted by molar-refractivity contribution is 0.00578. The number of pyridine rings is 1. The molecule has 3 aromatic heterocycles. The first-order valence-corrected chi connectivity index (χ1v) is 9.76. The maximum atomic E-state index is 6.16. The van der Waals surface area contributed by atoms with Crippen molar-refractivity contribution in [2.24, 2.45) is 0 Å². The number of nitrogens with zero attached hydrogens (tertiary/aromatic N) is 4. The highest BCUT2D eigenvalue weighted by Gasteiger charge is 2.52. The van der Waals surface area contributed by atoms with Crippen LogP contribution < -0.4 is 10.2 Å². The van der Waals surface area contributed by atoms with Gasteiger partial charge < -0.3 is 18.8 Å². The Labute approximate surface area is 169 Å². The highest BCUT2D eigenvalue weighted by atomic mass is 16.7. The van der Waals surface area contributed by atoms with Gasteiger partial charge in [-0.1, -0.05) is 0 Å². The third-order valence-electron chi connectivity index (χ3n) is 5.93. The van der Waals surface area contributed by atoms with E-state index >= 15 is 0 Å². The maximum Gasteiger partial charge on any atom is 0.498 e. The van der Waals surface area contributed by atoms with E-state index in [9.17, 15) is 0 Å². The minimum absolute atomic E-state index is 0.399. The van der Waals surface area contributed by atoms with E-state index in [0.29, 0.717) is 24.8 Å². The van der Waals surface area contributed by atoms with Crippen LogP contribution in [0, 0.1) is 0 Å². The number of ether oxygens (including phenoxy) is 2. The molecule has 9 heteroatoms. The fourth-order valence-corrected chi connectivity index (χ4v) is 3.49. The molecule has 0 amide bonds. The minimum Gasteiger partial charge on any atom is -0.436 e. The van der Waals surface area contributed by atoms with Crippen molar-refractivity contribution < 1.29 is 18.8 Å². The van der Waals surface area contributed by atoms with Crippen molar-refractivity contribution in [3.63, 3.8) is 0 Å². The summed E-state index contributed by atoms with van der Waals surface area (Å²) in [5.74, 6) is 1.05. The standard InChI is InChI=1S/C20H23BN4O4/c1-19(2)20(3,4)29-21(28-19)15-10-22-25-11-14(5-6-17(15)25)27-18-9-13-12-26-8-7-16(13)23-24-18/h5-6,9-11H,7-8,12H2,1-4H3. The van der Waals surface area contributed by atoms with E-state index in [4.69, 9.17) is 18.8 Å². The van der Waals surface area contributed by atoms with E-state index in [2.05, 4.69) is 15.3 Å². The monoisotopic (exact) mass is 394 g/mol. The van der Waals surface area contributed by atoms with Crippen LogP contribution in [-0.2, 0) is 27.1 Å². The summed E-state index contributed by atoms with van der Waals surface area (Å²) in [7, 11) is -0.462. The van der Waals surface area contributed by atoms with Crippen LogP contribution in [0.5, 0.6) is 11.6 Å². The second-order valence-corrected chi connectivity index (χ2v) is 8.44. The second kappa shape index (κ2) is 6.51. The molecular formula is C20H23BN4O4. The van der Waals surface area contributed by atoms with Gasteiger partial charge in [0.25, 0.3) is 0 Å². The first-order valence-electron chi connectivity index (χ1n) is 9.76. The average Bonchev–Trinajstić information content (AvgIpc) is 3.19. The molecule has 0 N–H and O–H groups in total. The predicted octanol–water partition coefficient (Wildman–Crippen LogP) is 2.29. The third-order valence-corrected chi connectivity index (χ3v) is 5.93. The molecule has 0 radical (unpaired) electrons. The SMILES string of the molecule is CC1(C)OB(c2cnn3cc(Oc4cc5c(nn4)CCOC5)ccc23)OC1(C)C. The van der Waals surface area contributed by atoms with Gasteiger partial charge in [0, 0.05) is 29.7 Å². The zero-order valence-corrected chi connectivity index (χ0v) is 17.0. The first kappa shape index (κ1) is 18.5. The van der Waals surface area contributed by atoms with Crippen molar-refractivity contribution in [2.45, 2.75) is 51.9 Å². The van der Waals surface area contributed by atoms with Crippen molar-refractivity contribution in [1.29, 1.82) is 0 Å². The molecule has 8 nitrogen and oxygen atoms in total. The lowest BCUT2D eigenvalue weighted by Gasteiger charge is -2.32. The van der Waals surface area contributed by atoms with Crippen molar-refractivity contribution in [1.82, 2.24) is 19.8 Å². The van der Waals surface area contributed by atoms with Crippen LogP contribution in [0.1, 0.15) is 39.0 Å². The van der Waals surface area contributed by atoms with Gasteiger partial charge in [-0.3, -0.25) is 0 Å². The Morgan fingerprint density at radius 1 is 1.10 bits per heavy atom. The number of aromatic nitrogens is 4. The zero-order chi connectivity index (χ0) is 20.2. The lowest BCUT2D eigenvalue weighted by atomic mass is 9.80. The Morgan fingerprint density at radius 2 is 1.90 bits per heavy atom. The van der Waals surface area contributed by atoms with Crippen LogP contribution in [0.15, 0.2) is 30.6 Å². The van der Waals surface area contributed by atoms with Gasteiger partial charge in [-0.2, -0.15) is 10.2 Å². The van der Waals surface area contributed by atoms with Gasteiger partial charge in [-0.25, -0.2) is 4.52 Å². The molecule has 1 saturated heterocycles. The highest BCUT2D eigenvalue weighted by molar-refractivity contribution is 6.64. The number of hydrogen-bond donors (Lipinski definition) is 0. The first-order chi connectivity index (χ1) is 13.8. The van der Waals surface area contributed by atoms with E-state index in [0.717, 1.165) is 28.7 Å². The molecule has 0 aliphatic carbocycles. The molecular weight excluding hydrogens is 371 g/mol. The zero-order valence-electron chi connectivity index (χ0n) is 17.0. The molecule has 2 aliphatic rings. The average molecular weight is 394 g/mol. The van der Waals surface area contributed by atoms with Crippen LogP contribution in [0.2, 0.25) is 0 Å². The third kappa shape index (κ3) is 3.19. The van der Waals surface area contributed by atoms with Crippen LogP contribution in [0.25, 0.3) is 5.52 Å². The smallest absolute Gasteiger partial charge is 0.436 e. The van der Waals surface area contributed by atoms with Crippen molar-refractivity contribution in [2.75, 3.05) is 6.61 Å². The van der Waals surface area contributed by atoms with Crippen molar-refractivity contribution in [3.05, 3.63) is 41.9 Å². The summed E-state index contributed by atoms with van der Waals surface area (Å²) in [6.07, 6.45) is 4.36. The van der Waals surface area contributed by atoms with E-state index in [1.54, 1.807) is 10.7 Å². The van der Waals surface area contributed by atoms with Crippen molar-refractivity contribution >= 4 is 18.1 Å². The molecule has 0 unspecified atom stereocenters. The molecule has 0 spiro atoms. The van der Waals surface area contributed by atoms with E-state index < -0.39 is 18.3 Å². The van der Waals surface area contributed by atoms with Gasteiger partial charge in [0.1, 0.15) is 5.75 Å². The van der Waals surface area contributed by atoms with Gasteiger partial charge in [-0.15, -0.1) is 5.10 Å². The maximum absolute atomic E-state index is 6.16. The minimum atomic E-state index is -0.462. The highest BCUT2D eigenvalue weighted by Crippen LogP contribution is 2.36. The normalized spacial score (nSPS) is 20.1. The van der Waals surface area contributed by atoms with Crippen LogP contribution in [0.4, 0.5) is 0 Å². The molecule has 150 valence electrons. The van der Waals surface area contributed by atoms with Crippen LogP contribution in [-0.4, -0.2) is 44.7 Å². The quantitative estimate of drug-likeness (QED) is 0.631. The van der Waals surface area contributed by atoms with Gasteiger partial charge in [-0.05, 0) is 39.8 Å². The van der Waals surface area contributed by atoms with Crippen LogP contribution in [0.3, 0.4) is 0 Å². The molecule has 0 atom stereocenters. The summed E-state index contributed by atoms with van der Waals surface area (Å²) in [5.41, 5.74) is 2.98. The molecule has 0 aromatic carbocycles. The largest absolute Gasteiger partial charge is 0.498 e. The topological polar surface area (TPSA) is 80.0 Å². The number of fused-ring (bicyclic) bond motifs is 2. The van der Waals surface area contributed by atoms with E-state index in [1.807, 2.05) is 52.1 Å². The van der Waals surface area contributed by atoms with Crippen LogP contribution >= 0.6 is 0 Å². The molecule has 1 fully saturated rings. The van der Waals surface area contributed by atoms with Gasteiger partial charge >= 0.3 is 7.12 Å². The van der Waals surface area contributed by atoms with Gasteiger partial charge in [0.2, 0.25) is 5.88 Å². The van der Waals surface area contributed by atoms with E-state index in [-0.39, 0.29) is 0 Å². The Bertz CT molecular complexity index is 1070. The molecule has 29 heavy (non-hydrogen) atoms. The fourth-order valence-electron chi connectivity index (χ4n) is 3.49. The van der Waals surface area contributed by atoms with E-state index in [1.165, 1.54) is 0 Å². The van der Waals surface area contributed by atoms with Gasteiger partial charge in [0.05, 0.1) is 41.8 Å². The summed E-state index contributed by atoms with van der Waals surface area (Å²) in [4.78, 5) is 0. The predicted molar refractivity (Wildman–Crippen MR) is 106 cm³/mol. The summed E-state index contributed by atoms with van der Waals surface area (Å²) in [5, 5.41) is 12.9. The number of rotatable bonds is 3. The van der Waals surface area contributed by atoms with Crippen molar-refractivity contribution in [3.8, 4) is 11.6 Å². The summed E-state index contributed by atoms with van der Waals surface area (Å²) < 4.78 is 25.5. The number of hydrogen-bond acceptors (Lipinski definition) is 7. The Hall–Kier alpha value is -2.49. The molecule has 0 bridgehead atoms. The summed E-state index contributed by atoms with van der Waals surface area (Å²) in [6.45, 7) is 9.37. The second-order valence-electron chi connectivity index (χ2n) is 8.44. The molecule has 3 aromatic rings. The lowest BCUT2D eigenvalue weighted by Crippen LogP contribution is -2.41. The molecule has 5 heterocycles. The molecule has 2 aliphatic heterocycles. The summed E-state index contributed by atoms with van der Waals surface area (Å²) in [6, 6.07) is 5.70. The molecule has 5 rings (SSSR count). The Morgan fingerprint density at radius 3 is 2.69 bits per heavy atom. The Balaban J connectivity index is 1.40.